The predicted octanol–water partition coefficient (Wildman–Crippen LogP) is 1.14. The van der Waals surface area contributed by atoms with E-state index in [0.717, 1.165) is 10.6 Å². The molecule has 0 atom stereocenters. The van der Waals surface area contributed by atoms with Gasteiger partial charge < -0.3 is 4.74 Å². The van der Waals surface area contributed by atoms with E-state index in [4.69, 9.17) is 4.74 Å². The van der Waals surface area contributed by atoms with Gasteiger partial charge in [-0.05, 0) is 12.1 Å². The molecule has 1 aliphatic rings. The molecule has 1 heterocycles. The van der Waals surface area contributed by atoms with Crippen LogP contribution in [-0.2, 0) is 4.79 Å². The quantitative estimate of drug-likeness (QED) is 0.489. The Labute approximate surface area is 110 Å². The van der Waals surface area contributed by atoms with Gasteiger partial charge >= 0.3 is 6.03 Å². The van der Waals surface area contributed by atoms with Crippen LogP contribution < -0.4 is 10.1 Å². The number of para-hydroxylation sites is 1. The Morgan fingerprint density at radius 3 is 2.89 bits per heavy atom. The molecule has 0 aliphatic carbocycles. The fourth-order valence-electron chi connectivity index (χ4n) is 1.52. The molecule has 1 aromatic rings. The lowest BCUT2D eigenvalue weighted by Crippen LogP contribution is -2.24. The molecule has 1 N–H and O–H groups in total. The third kappa shape index (κ3) is 3.19. The lowest BCUT2D eigenvalue weighted by atomic mass is 10.2. The second-order valence-corrected chi connectivity index (χ2v) is 3.79. The van der Waals surface area contributed by atoms with Gasteiger partial charge in [0.2, 0.25) is 5.91 Å². The smallest absolute Gasteiger partial charge is 0.344 e. The van der Waals surface area contributed by atoms with Crippen LogP contribution in [-0.4, -0.2) is 36.3 Å². The molecule has 1 fully saturated rings. The summed E-state index contributed by atoms with van der Waals surface area (Å²) in [6, 6.07) is 6.74. The summed E-state index contributed by atoms with van der Waals surface area (Å²) in [5, 5.41) is 7.17. The summed E-state index contributed by atoms with van der Waals surface area (Å²) in [6.45, 7) is 3.89. The maximum Gasteiger partial charge on any atom is 0.344 e. The molecule has 6 nitrogen and oxygen atoms in total. The second kappa shape index (κ2) is 5.81. The van der Waals surface area contributed by atoms with E-state index < -0.39 is 6.03 Å². The van der Waals surface area contributed by atoms with Crippen molar-refractivity contribution in [2.24, 2.45) is 5.10 Å². The van der Waals surface area contributed by atoms with Crippen molar-refractivity contribution in [3.05, 3.63) is 42.5 Å². The zero-order valence-electron chi connectivity index (χ0n) is 10.2. The van der Waals surface area contributed by atoms with Gasteiger partial charge in [0.25, 0.3) is 0 Å². The van der Waals surface area contributed by atoms with E-state index >= 15 is 0 Å². The molecule has 98 valence electrons. The summed E-state index contributed by atoms with van der Waals surface area (Å²) in [7, 11) is 0. The molecule has 1 aliphatic heterocycles. The number of nitrogens with one attached hydrogen (secondary N) is 1. The lowest BCUT2D eigenvalue weighted by Gasteiger charge is -2.08. The van der Waals surface area contributed by atoms with Gasteiger partial charge in [-0.25, -0.2) is 9.80 Å². The number of hydrogen-bond donors (Lipinski definition) is 1. The highest BCUT2D eigenvalue weighted by Gasteiger charge is 2.25. The standard InChI is InChI=1S/C13H13N3O3/c1-2-7-19-11-6-4-3-5-10(11)8-14-16-9-12(17)15-13(16)18/h2-6,8H,1,7,9H2,(H,15,17,18)/b14-8-. The summed E-state index contributed by atoms with van der Waals surface area (Å²) in [5.74, 6) is 0.274. The molecule has 0 saturated carbocycles. The van der Waals surface area contributed by atoms with E-state index in [-0.39, 0.29) is 12.5 Å². The third-order valence-corrected chi connectivity index (χ3v) is 2.39. The Bertz CT molecular complexity index is 540. The predicted molar refractivity (Wildman–Crippen MR) is 70.0 cm³/mol. The van der Waals surface area contributed by atoms with Gasteiger partial charge in [0.1, 0.15) is 18.9 Å². The van der Waals surface area contributed by atoms with Gasteiger partial charge in [-0.3, -0.25) is 10.1 Å². The van der Waals surface area contributed by atoms with Gasteiger partial charge in [0.05, 0.1) is 6.21 Å². The summed E-state index contributed by atoms with van der Waals surface area (Å²) >= 11 is 0. The molecular formula is C13H13N3O3. The van der Waals surface area contributed by atoms with Crippen molar-refractivity contribution >= 4 is 18.2 Å². The van der Waals surface area contributed by atoms with Crippen LogP contribution in [0.3, 0.4) is 0 Å². The Morgan fingerprint density at radius 2 is 2.21 bits per heavy atom. The monoisotopic (exact) mass is 259 g/mol. The molecule has 0 radical (unpaired) electrons. The highest BCUT2D eigenvalue weighted by atomic mass is 16.5. The SMILES string of the molecule is C=CCOc1ccccc1/C=N\N1CC(=O)NC1=O. The number of nitrogens with zero attached hydrogens (tertiary/aromatic N) is 2. The van der Waals surface area contributed by atoms with Crippen LogP contribution >= 0.6 is 0 Å². The van der Waals surface area contributed by atoms with Crippen LogP contribution in [0.25, 0.3) is 0 Å². The zero-order chi connectivity index (χ0) is 13.7. The number of rotatable bonds is 5. The first kappa shape index (κ1) is 12.8. The van der Waals surface area contributed by atoms with Gasteiger partial charge in [-0.1, -0.05) is 24.8 Å². The minimum atomic E-state index is -0.522. The van der Waals surface area contributed by atoms with E-state index in [9.17, 15) is 9.59 Å². The van der Waals surface area contributed by atoms with Crippen LogP contribution in [0.2, 0.25) is 0 Å². The Kier molecular flexibility index (Phi) is 3.92. The average Bonchev–Trinajstić information content (AvgIpc) is 2.73. The first-order valence-corrected chi connectivity index (χ1v) is 5.69. The Balaban J connectivity index is 2.12. The lowest BCUT2D eigenvalue weighted by molar-refractivity contribution is -0.118. The normalized spacial score (nSPS) is 14.8. The highest BCUT2D eigenvalue weighted by molar-refractivity contribution is 6.02. The molecule has 19 heavy (non-hydrogen) atoms. The van der Waals surface area contributed by atoms with E-state index in [1.165, 1.54) is 6.21 Å². The summed E-state index contributed by atoms with van der Waals surface area (Å²) in [6.07, 6.45) is 3.12. The van der Waals surface area contributed by atoms with Crippen molar-refractivity contribution in [2.45, 2.75) is 0 Å². The maximum atomic E-state index is 11.3. The maximum absolute atomic E-state index is 11.3. The van der Waals surface area contributed by atoms with Crippen LogP contribution in [0.1, 0.15) is 5.56 Å². The van der Waals surface area contributed by atoms with E-state index in [0.29, 0.717) is 12.4 Å². The van der Waals surface area contributed by atoms with Crippen molar-refractivity contribution in [1.29, 1.82) is 0 Å². The van der Waals surface area contributed by atoms with Crippen molar-refractivity contribution in [1.82, 2.24) is 10.3 Å². The van der Waals surface area contributed by atoms with Crippen LogP contribution in [0.4, 0.5) is 4.79 Å². The molecule has 1 aromatic carbocycles. The fraction of sp³-hybridized carbons (Fsp3) is 0.154. The van der Waals surface area contributed by atoms with Gasteiger partial charge in [-0.2, -0.15) is 5.10 Å². The first-order valence-electron chi connectivity index (χ1n) is 5.69. The van der Waals surface area contributed by atoms with Gasteiger partial charge in [0.15, 0.2) is 0 Å². The van der Waals surface area contributed by atoms with Crippen LogP contribution in [0, 0.1) is 0 Å². The number of benzene rings is 1. The topological polar surface area (TPSA) is 71.0 Å². The zero-order valence-corrected chi connectivity index (χ0v) is 10.2. The summed E-state index contributed by atoms with van der Waals surface area (Å²) in [4.78, 5) is 22.3. The van der Waals surface area contributed by atoms with Gasteiger partial charge in [-0.15, -0.1) is 0 Å². The van der Waals surface area contributed by atoms with Gasteiger partial charge in [0, 0.05) is 5.56 Å². The highest BCUT2D eigenvalue weighted by Crippen LogP contribution is 2.16. The number of hydrazone groups is 1. The van der Waals surface area contributed by atoms with Crippen molar-refractivity contribution in [3.8, 4) is 5.75 Å². The van der Waals surface area contributed by atoms with E-state index in [1.807, 2.05) is 12.1 Å². The van der Waals surface area contributed by atoms with E-state index in [1.54, 1.807) is 18.2 Å². The number of carbonyl (C=O) groups excluding carboxylic acids is 2. The van der Waals surface area contributed by atoms with E-state index in [2.05, 4.69) is 17.0 Å². The summed E-state index contributed by atoms with van der Waals surface area (Å²) in [5.41, 5.74) is 0.719. The molecule has 0 spiro atoms. The molecular weight excluding hydrogens is 246 g/mol. The van der Waals surface area contributed by atoms with Crippen molar-refractivity contribution in [2.75, 3.05) is 13.2 Å². The Morgan fingerprint density at radius 1 is 1.42 bits per heavy atom. The Hall–Kier alpha value is -2.63. The number of carbonyl (C=O) groups is 2. The number of hydrogen-bond acceptors (Lipinski definition) is 4. The van der Waals surface area contributed by atoms with Crippen molar-refractivity contribution in [3.63, 3.8) is 0 Å². The fourth-order valence-corrected chi connectivity index (χ4v) is 1.52. The minimum Gasteiger partial charge on any atom is -0.489 e. The molecule has 3 amide bonds. The molecule has 2 rings (SSSR count). The molecule has 0 bridgehead atoms. The van der Waals surface area contributed by atoms with Crippen LogP contribution in [0.15, 0.2) is 42.0 Å². The third-order valence-electron chi connectivity index (χ3n) is 2.39. The average molecular weight is 259 g/mol. The summed E-state index contributed by atoms with van der Waals surface area (Å²) < 4.78 is 5.45. The number of ether oxygens (including phenoxy) is 1. The number of urea groups is 1. The molecule has 0 unspecified atom stereocenters. The number of amides is 3. The second-order valence-electron chi connectivity index (χ2n) is 3.79. The van der Waals surface area contributed by atoms with Crippen molar-refractivity contribution < 1.29 is 14.3 Å². The number of imide groups is 1. The molecule has 0 aromatic heterocycles. The first-order chi connectivity index (χ1) is 9.20. The minimum absolute atomic E-state index is 0.0645. The largest absolute Gasteiger partial charge is 0.489 e. The molecule has 1 saturated heterocycles. The molecule has 6 heteroatoms. The van der Waals surface area contributed by atoms with Crippen LogP contribution in [0.5, 0.6) is 5.75 Å².